The lowest BCUT2D eigenvalue weighted by Crippen LogP contribution is -2.68. The molecule has 6 nitrogen and oxygen atoms in total. The van der Waals surface area contributed by atoms with Crippen LogP contribution in [0.25, 0.3) is 0 Å². The van der Waals surface area contributed by atoms with Crippen LogP contribution in [0.3, 0.4) is 0 Å². The zero-order valence-corrected chi connectivity index (χ0v) is 17.4. The number of nitrogens with zero attached hydrogens (tertiary/aromatic N) is 3. The number of aliphatic hydroxyl groups is 1. The molecule has 2 aliphatic heterocycles. The molecule has 1 saturated heterocycles. The van der Waals surface area contributed by atoms with E-state index < -0.39 is 0 Å². The highest BCUT2D eigenvalue weighted by Gasteiger charge is 2.53. The summed E-state index contributed by atoms with van der Waals surface area (Å²) in [5.41, 5.74) is 3.69. The van der Waals surface area contributed by atoms with Crippen molar-refractivity contribution in [3.8, 4) is 5.75 Å². The minimum atomic E-state index is -0.0521. The average molecular weight is 415 g/mol. The molecule has 0 radical (unpaired) electrons. The van der Waals surface area contributed by atoms with Gasteiger partial charge in [0.25, 0.3) is 5.91 Å². The molecule has 5 rings (SSSR count). The van der Waals surface area contributed by atoms with Gasteiger partial charge < -0.3 is 14.7 Å². The number of hydrogen-bond acceptors (Lipinski definition) is 5. The molecule has 0 saturated carbocycles. The smallest absolute Gasteiger partial charge is 0.259 e. The molecule has 3 heterocycles. The Hall–Kier alpha value is -3.22. The highest BCUT2D eigenvalue weighted by Crippen LogP contribution is 2.49. The van der Waals surface area contributed by atoms with Crippen molar-refractivity contribution in [1.82, 2.24) is 9.88 Å². The largest absolute Gasteiger partial charge is 0.496 e. The van der Waals surface area contributed by atoms with Crippen molar-refractivity contribution in [2.45, 2.75) is 24.5 Å². The van der Waals surface area contributed by atoms with Gasteiger partial charge in [-0.2, -0.15) is 0 Å². The molecule has 2 aliphatic rings. The minimum absolute atomic E-state index is 0.00621. The first kappa shape index (κ1) is 19.7. The van der Waals surface area contributed by atoms with Gasteiger partial charge in [-0.05, 0) is 29.8 Å². The summed E-state index contributed by atoms with van der Waals surface area (Å²) in [5, 5.41) is 10.2. The molecule has 1 fully saturated rings. The van der Waals surface area contributed by atoms with E-state index in [-0.39, 0.29) is 30.5 Å². The molecule has 0 unspecified atom stereocenters. The van der Waals surface area contributed by atoms with Crippen LogP contribution in [0, 0.1) is 0 Å². The Kier molecular flexibility index (Phi) is 5.18. The number of para-hydroxylation sites is 2. The number of likely N-dealkylation sites (tertiary alicyclic amines) is 1. The lowest BCUT2D eigenvalue weighted by molar-refractivity contribution is -0.0491. The van der Waals surface area contributed by atoms with E-state index >= 15 is 0 Å². The fourth-order valence-corrected chi connectivity index (χ4v) is 5.07. The summed E-state index contributed by atoms with van der Waals surface area (Å²) in [5.74, 6) is 0.972. The molecule has 6 heteroatoms. The summed E-state index contributed by atoms with van der Waals surface area (Å²) in [6.45, 7) is 1.30. The number of benzene rings is 2. The molecule has 1 aromatic heterocycles. The third kappa shape index (κ3) is 3.28. The van der Waals surface area contributed by atoms with Crippen molar-refractivity contribution < 1.29 is 14.6 Å². The summed E-state index contributed by atoms with van der Waals surface area (Å²) in [7, 11) is 1.67. The van der Waals surface area contributed by atoms with Gasteiger partial charge in [-0.25, -0.2) is 0 Å². The summed E-state index contributed by atoms with van der Waals surface area (Å²) >= 11 is 0. The monoisotopic (exact) mass is 415 g/mol. The van der Waals surface area contributed by atoms with Crippen LogP contribution < -0.4 is 9.64 Å². The molecular weight excluding hydrogens is 390 g/mol. The number of anilines is 1. The van der Waals surface area contributed by atoms with E-state index in [1.807, 2.05) is 41.3 Å². The van der Waals surface area contributed by atoms with Crippen LogP contribution in [0.1, 0.15) is 27.4 Å². The number of pyridine rings is 1. The Morgan fingerprint density at radius 2 is 1.94 bits per heavy atom. The van der Waals surface area contributed by atoms with Crippen LogP contribution in [0.5, 0.6) is 5.75 Å². The third-order valence-electron chi connectivity index (χ3n) is 6.52. The van der Waals surface area contributed by atoms with Crippen LogP contribution in [0.2, 0.25) is 0 Å². The summed E-state index contributed by atoms with van der Waals surface area (Å²) < 4.78 is 5.53. The van der Waals surface area contributed by atoms with E-state index in [2.05, 4.69) is 22.0 Å². The number of aliphatic hydroxyl groups excluding tert-OH is 1. The third-order valence-corrected chi connectivity index (χ3v) is 6.52. The molecule has 2 aromatic carbocycles. The highest BCUT2D eigenvalue weighted by molar-refractivity contribution is 6.06. The second-order valence-electron chi connectivity index (χ2n) is 8.04. The predicted octanol–water partition coefficient (Wildman–Crippen LogP) is 3.08. The number of fused-ring (bicyclic) bond motifs is 3. The van der Waals surface area contributed by atoms with E-state index in [9.17, 15) is 9.90 Å². The van der Waals surface area contributed by atoms with Crippen molar-refractivity contribution >= 4 is 11.6 Å². The summed E-state index contributed by atoms with van der Waals surface area (Å²) in [6, 6.07) is 19.7. The first-order valence-corrected chi connectivity index (χ1v) is 10.5. The maximum atomic E-state index is 13.4. The van der Waals surface area contributed by atoms with E-state index in [1.165, 1.54) is 0 Å². The molecule has 3 aromatic rings. The van der Waals surface area contributed by atoms with Crippen molar-refractivity contribution in [1.29, 1.82) is 0 Å². The van der Waals surface area contributed by atoms with Crippen LogP contribution >= 0.6 is 0 Å². The lowest BCUT2D eigenvalue weighted by Gasteiger charge is -2.59. The highest BCUT2D eigenvalue weighted by atomic mass is 16.5. The molecule has 0 aliphatic carbocycles. The Morgan fingerprint density at radius 3 is 2.71 bits per heavy atom. The van der Waals surface area contributed by atoms with Crippen LogP contribution in [0.4, 0.5) is 5.69 Å². The van der Waals surface area contributed by atoms with Crippen LogP contribution in [-0.2, 0) is 6.54 Å². The van der Waals surface area contributed by atoms with Gasteiger partial charge in [0.15, 0.2) is 0 Å². The molecule has 3 atom stereocenters. The number of hydrogen-bond donors (Lipinski definition) is 1. The number of aromatic nitrogens is 1. The Balaban J connectivity index is 1.50. The van der Waals surface area contributed by atoms with Crippen molar-refractivity contribution in [3.05, 3.63) is 89.7 Å². The van der Waals surface area contributed by atoms with Gasteiger partial charge in [-0.15, -0.1) is 0 Å². The van der Waals surface area contributed by atoms with Gasteiger partial charge in [0.05, 0.1) is 19.3 Å². The number of amides is 1. The maximum absolute atomic E-state index is 13.4. The Bertz CT molecular complexity index is 1090. The quantitative estimate of drug-likeness (QED) is 0.694. The summed E-state index contributed by atoms with van der Waals surface area (Å²) in [4.78, 5) is 21.6. The fraction of sp³-hybridized carbons (Fsp3) is 0.280. The van der Waals surface area contributed by atoms with Gasteiger partial charge >= 0.3 is 0 Å². The Labute approximate surface area is 181 Å². The van der Waals surface area contributed by atoms with Crippen molar-refractivity contribution in [3.63, 3.8) is 0 Å². The zero-order chi connectivity index (χ0) is 21.4. The van der Waals surface area contributed by atoms with E-state index in [0.29, 0.717) is 18.7 Å². The topological polar surface area (TPSA) is 65.9 Å². The van der Waals surface area contributed by atoms with E-state index in [4.69, 9.17) is 4.74 Å². The lowest BCUT2D eigenvalue weighted by atomic mass is 9.71. The number of rotatable bonds is 5. The number of methoxy groups -OCH3 is 1. The first-order valence-electron chi connectivity index (χ1n) is 10.5. The second kappa shape index (κ2) is 8.13. The van der Waals surface area contributed by atoms with Crippen LogP contribution in [-0.4, -0.2) is 53.2 Å². The van der Waals surface area contributed by atoms with E-state index in [0.717, 1.165) is 22.6 Å². The molecule has 0 bridgehead atoms. The minimum Gasteiger partial charge on any atom is -0.496 e. The molecule has 158 valence electrons. The van der Waals surface area contributed by atoms with Gasteiger partial charge in [0.1, 0.15) is 5.75 Å². The molecule has 1 amide bonds. The molecular formula is C25H25N3O3. The van der Waals surface area contributed by atoms with Crippen LogP contribution in [0.15, 0.2) is 73.1 Å². The molecule has 0 spiro atoms. The first-order chi connectivity index (χ1) is 15.2. The van der Waals surface area contributed by atoms with Crippen molar-refractivity contribution in [2.75, 3.05) is 25.2 Å². The number of carbonyl (C=O) groups is 1. The SMILES string of the molecule is COc1ccccc1CN1[C@H](CO)[C@H]2c3ccccc3N(C(=O)c3cccnc3)C[C@H]21. The molecule has 1 N–H and O–H groups in total. The number of carbonyl (C=O) groups excluding carboxylic acids is 1. The maximum Gasteiger partial charge on any atom is 0.259 e. The zero-order valence-electron chi connectivity index (χ0n) is 17.4. The molecule has 31 heavy (non-hydrogen) atoms. The second-order valence-corrected chi connectivity index (χ2v) is 8.04. The normalized spacial score (nSPS) is 22.3. The summed E-state index contributed by atoms with van der Waals surface area (Å²) in [6.07, 6.45) is 3.28. The van der Waals surface area contributed by atoms with Gasteiger partial charge in [-0.3, -0.25) is 14.7 Å². The average Bonchev–Trinajstić information content (AvgIpc) is 2.83. The number of ether oxygens (including phenoxy) is 1. The predicted molar refractivity (Wildman–Crippen MR) is 118 cm³/mol. The Morgan fingerprint density at radius 1 is 1.13 bits per heavy atom. The van der Waals surface area contributed by atoms with E-state index in [1.54, 1.807) is 31.6 Å². The fourth-order valence-electron chi connectivity index (χ4n) is 5.07. The standard InChI is InChI=1S/C25H25N3O3/c1-31-23-11-5-2-7-18(23)14-27-21-15-28(25(30)17-8-6-12-26-13-17)20-10-4-3-9-19(20)24(21)22(27)16-29/h2-13,21-22,24,29H,14-16H2,1H3/t21-,22-,24+/m1/s1. The van der Waals surface area contributed by atoms with Gasteiger partial charge in [0, 0.05) is 54.7 Å². The van der Waals surface area contributed by atoms with Crippen molar-refractivity contribution in [2.24, 2.45) is 0 Å². The van der Waals surface area contributed by atoms with Gasteiger partial charge in [0.2, 0.25) is 0 Å². The van der Waals surface area contributed by atoms with Gasteiger partial charge in [-0.1, -0.05) is 36.4 Å².